The van der Waals surface area contributed by atoms with Crippen molar-refractivity contribution in [3.63, 3.8) is 0 Å². The molecule has 0 heterocycles. The van der Waals surface area contributed by atoms with Crippen LogP contribution in [-0.4, -0.2) is 13.0 Å². The van der Waals surface area contributed by atoms with Crippen LogP contribution >= 0.6 is 0 Å². The Morgan fingerprint density at radius 1 is 1.44 bits per heavy atom. The molecule has 16 heavy (non-hydrogen) atoms. The highest BCUT2D eigenvalue weighted by atomic mass is 19.1. The molecule has 2 nitrogen and oxygen atoms in total. The summed E-state index contributed by atoms with van der Waals surface area (Å²) in [4.78, 5) is 11.3. The van der Waals surface area contributed by atoms with Crippen molar-refractivity contribution < 1.29 is 9.18 Å². The van der Waals surface area contributed by atoms with Crippen LogP contribution in [0.2, 0.25) is 0 Å². The normalized spacial score (nSPS) is 16.3. The number of halogens is 1. The van der Waals surface area contributed by atoms with Crippen LogP contribution in [0.4, 0.5) is 4.39 Å². The van der Waals surface area contributed by atoms with E-state index in [0.717, 1.165) is 35.1 Å². The number of carbonyl (C=O) groups is 1. The summed E-state index contributed by atoms with van der Waals surface area (Å²) in [6, 6.07) is 3.06. The zero-order chi connectivity index (χ0) is 11.7. The Labute approximate surface area is 94.2 Å². The molecule has 0 fully saturated rings. The van der Waals surface area contributed by atoms with Gasteiger partial charge in [0.15, 0.2) is 0 Å². The van der Waals surface area contributed by atoms with Crippen molar-refractivity contribution >= 4 is 11.5 Å². The molecule has 1 amide bonds. The maximum atomic E-state index is 13.3. The van der Waals surface area contributed by atoms with Gasteiger partial charge in [-0.15, -0.1) is 0 Å². The molecule has 3 heteroatoms. The van der Waals surface area contributed by atoms with Gasteiger partial charge < -0.3 is 5.32 Å². The molecule has 0 atom stereocenters. The molecule has 0 unspecified atom stereocenters. The minimum Gasteiger partial charge on any atom is -0.356 e. The molecular formula is C13H14FNO. The second-order valence-corrected chi connectivity index (χ2v) is 4.03. The predicted octanol–water partition coefficient (Wildman–Crippen LogP) is 2.21. The quantitative estimate of drug-likeness (QED) is 0.721. The van der Waals surface area contributed by atoms with E-state index < -0.39 is 0 Å². The number of rotatable bonds is 1. The number of fused-ring (bicyclic) bond motifs is 1. The zero-order valence-corrected chi connectivity index (χ0v) is 9.43. The van der Waals surface area contributed by atoms with E-state index in [0.29, 0.717) is 0 Å². The van der Waals surface area contributed by atoms with Crippen molar-refractivity contribution in [3.8, 4) is 0 Å². The molecule has 0 bridgehead atoms. The summed E-state index contributed by atoms with van der Waals surface area (Å²) in [5, 5.41) is 2.54. The van der Waals surface area contributed by atoms with Crippen LogP contribution < -0.4 is 5.32 Å². The summed E-state index contributed by atoms with van der Waals surface area (Å²) >= 11 is 0. The van der Waals surface area contributed by atoms with Gasteiger partial charge in [-0.1, -0.05) is 0 Å². The Balaban J connectivity index is 2.47. The number of hydrogen-bond acceptors (Lipinski definition) is 1. The van der Waals surface area contributed by atoms with Gasteiger partial charge in [-0.25, -0.2) is 4.39 Å². The largest absolute Gasteiger partial charge is 0.356 e. The molecule has 1 N–H and O–H groups in total. The summed E-state index contributed by atoms with van der Waals surface area (Å²) in [5.74, 6) is -0.370. The lowest BCUT2D eigenvalue weighted by molar-refractivity contribution is -0.116. The molecule has 2 rings (SSSR count). The van der Waals surface area contributed by atoms with Crippen LogP contribution in [0.1, 0.15) is 23.1 Å². The lowest BCUT2D eigenvalue weighted by Crippen LogP contribution is -2.14. The third-order valence-corrected chi connectivity index (χ3v) is 2.98. The average molecular weight is 219 g/mol. The fourth-order valence-corrected chi connectivity index (χ4v) is 2.17. The van der Waals surface area contributed by atoms with Gasteiger partial charge >= 0.3 is 0 Å². The van der Waals surface area contributed by atoms with Crippen LogP contribution in [-0.2, 0) is 11.2 Å². The molecule has 0 aliphatic heterocycles. The first kappa shape index (κ1) is 10.9. The first-order chi connectivity index (χ1) is 7.61. The fraction of sp³-hybridized carbons (Fsp3) is 0.308. The molecule has 1 aromatic rings. The highest BCUT2D eigenvalue weighted by Crippen LogP contribution is 2.34. The number of carbonyl (C=O) groups excluding carboxylic acids is 1. The molecule has 0 saturated heterocycles. The van der Waals surface area contributed by atoms with Crippen LogP contribution in [0.3, 0.4) is 0 Å². The first-order valence-electron chi connectivity index (χ1n) is 5.33. The second kappa shape index (κ2) is 4.08. The summed E-state index contributed by atoms with van der Waals surface area (Å²) in [5.41, 5.74) is 3.95. The highest BCUT2D eigenvalue weighted by molar-refractivity contribution is 5.96. The Morgan fingerprint density at radius 3 is 2.88 bits per heavy atom. The number of likely N-dealkylation sites (N-methyl/N-ethyl adjacent to an activating group) is 1. The van der Waals surface area contributed by atoms with Crippen molar-refractivity contribution in [3.05, 3.63) is 40.7 Å². The molecule has 1 aliphatic carbocycles. The number of amides is 1. The Kier molecular flexibility index (Phi) is 2.77. The van der Waals surface area contributed by atoms with Gasteiger partial charge in [0.25, 0.3) is 0 Å². The van der Waals surface area contributed by atoms with Crippen molar-refractivity contribution in [1.29, 1.82) is 0 Å². The predicted molar refractivity (Wildman–Crippen MR) is 61.5 cm³/mol. The van der Waals surface area contributed by atoms with Crippen LogP contribution in [0.15, 0.2) is 18.2 Å². The lowest BCUT2D eigenvalue weighted by atomic mass is 10.0. The third-order valence-electron chi connectivity index (χ3n) is 2.98. The van der Waals surface area contributed by atoms with Crippen molar-refractivity contribution in [1.82, 2.24) is 5.32 Å². The molecule has 0 saturated carbocycles. The van der Waals surface area contributed by atoms with Gasteiger partial charge in [-0.05, 0) is 54.2 Å². The molecular weight excluding hydrogens is 205 g/mol. The highest BCUT2D eigenvalue weighted by Gasteiger charge is 2.19. The van der Waals surface area contributed by atoms with E-state index in [1.165, 1.54) is 6.07 Å². The van der Waals surface area contributed by atoms with E-state index in [9.17, 15) is 9.18 Å². The van der Waals surface area contributed by atoms with Gasteiger partial charge in [-0.2, -0.15) is 0 Å². The maximum absolute atomic E-state index is 13.3. The number of hydrogen-bond donors (Lipinski definition) is 1. The van der Waals surface area contributed by atoms with Crippen molar-refractivity contribution in [2.24, 2.45) is 0 Å². The first-order valence-corrected chi connectivity index (χ1v) is 5.33. The number of aryl methyl sites for hydroxylation is 1. The number of benzene rings is 1. The number of nitrogens with one attached hydrogen (secondary N) is 1. The minimum atomic E-state index is -0.235. The Hall–Kier alpha value is -1.64. The summed E-state index contributed by atoms with van der Waals surface area (Å²) in [6.45, 7) is 1.91. The topological polar surface area (TPSA) is 29.1 Å². The van der Waals surface area contributed by atoms with Crippen molar-refractivity contribution in [2.75, 3.05) is 7.05 Å². The smallest absolute Gasteiger partial charge is 0.244 e. The molecule has 1 aromatic carbocycles. The van der Waals surface area contributed by atoms with E-state index >= 15 is 0 Å². The SMILES string of the molecule is CNC(=O)/C=C1\CCc2c(C)cc(F)cc21. The average Bonchev–Trinajstić information content (AvgIpc) is 2.61. The zero-order valence-electron chi connectivity index (χ0n) is 9.43. The van der Waals surface area contributed by atoms with Gasteiger partial charge in [-0.3, -0.25) is 4.79 Å². The summed E-state index contributed by atoms with van der Waals surface area (Å²) in [7, 11) is 1.59. The van der Waals surface area contributed by atoms with Crippen LogP contribution in [0.25, 0.3) is 5.57 Å². The van der Waals surface area contributed by atoms with Gasteiger partial charge in [0.05, 0.1) is 0 Å². The standard InChI is InChI=1S/C13H14FNO/c1-8-5-10(14)7-12-9(3-4-11(8)12)6-13(16)15-2/h5-7H,3-4H2,1-2H3,(H,15,16)/b9-6+. The molecule has 84 valence electrons. The van der Waals surface area contributed by atoms with E-state index in [-0.39, 0.29) is 11.7 Å². The Morgan fingerprint density at radius 2 is 2.19 bits per heavy atom. The minimum absolute atomic E-state index is 0.134. The van der Waals surface area contributed by atoms with Crippen molar-refractivity contribution in [2.45, 2.75) is 19.8 Å². The van der Waals surface area contributed by atoms with E-state index in [1.807, 2.05) is 6.92 Å². The van der Waals surface area contributed by atoms with Gasteiger partial charge in [0.2, 0.25) is 5.91 Å². The molecule has 0 radical (unpaired) electrons. The Bertz CT molecular complexity index is 477. The summed E-state index contributed by atoms with van der Waals surface area (Å²) < 4.78 is 13.3. The van der Waals surface area contributed by atoms with E-state index in [4.69, 9.17) is 0 Å². The van der Waals surface area contributed by atoms with E-state index in [2.05, 4.69) is 5.32 Å². The van der Waals surface area contributed by atoms with Gasteiger partial charge in [0.1, 0.15) is 5.82 Å². The lowest BCUT2D eigenvalue weighted by Gasteiger charge is -2.04. The summed E-state index contributed by atoms with van der Waals surface area (Å²) in [6.07, 6.45) is 3.27. The molecule has 0 spiro atoms. The fourth-order valence-electron chi connectivity index (χ4n) is 2.17. The van der Waals surface area contributed by atoms with Gasteiger partial charge in [0, 0.05) is 13.1 Å². The third kappa shape index (κ3) is 1.85. The molecule has 0 aromatic heterocycles. The maximum Gasteiger partial charge on any atom is 0.244 e. The van der Waals surface area contributed by atoms with Crippen LogP contribution in [0, 0.1) is 12.7 Å². The molecule has 1 aliphatic rings. The number of allylic oxidation sites excluding steroid dienone is 1. The monoisotopic (exact) mass is 219 g/mol. The second-order valence-electron chi connectivity index (χ2n) is 4.03. The van der Waals surface area contributed by atoms with E-state index in [1.54, 1.807) is 19.2 Å². The van der Waals surface area contributed by atoms with Crippen LogP contribution in [0.5, 0.6) is 0 Å².